The highest BCUT2D eigenvalue weighted by Crippen LogP contribution is 2.19. The van der Waals surface area contributed by atoms with E-state index in [0.29, 0.717) is 16.8 Å². The van der Waals surface area contributed by atoms with Crippen LogP contribution in [-0.4, -0.2) is 5.91 Å². The standard InChI is InChI=1S/C16H17FN2O/c1-10-7-8-13(15(18)9-10)16(20)19-11(2)12-5-3-4-6-14(12)17/h3-9,11H,18H2,1-2H3,(H,19,20). The first-order chi connectivity index (χ1) is 9.49. The Morgan fingerprint density at radius 3 is 2.60 bits per heavy atom. The maximum Gasteiger partial charge on any atom is 0.253 e. The third kappa shape index (κ3) is 2.96. The van der Waals surface area contributed by atoms with Gasteiger partial charge in [0.25, 0.3) is 5.91 Å². The van der Waals surface area contributed by atoms with Gasteiger partial charge in [0, 0.05) is 11.3 Å². The third-order valence-electron chi connectivity index (χ3n) is 3.17. The van der Waals surface area contributed by atoms with E-state index in [1.54, 1.807) is 37.3 Å². The normalized spacial score (nSPS) is 11.9. The summed E-state index contributed by atoms with van der Waals surface area (Å²) >= 11 is 0. The van der Waals surface area contributed by atoms with Crippen LogP contribution in [0.2, 0.25) is 0 Å². The Balaban J connectivity index is 2.17. The molecule has 0 aromatic heterocycles. The van der Waals surface area contributed by atoms with Crippen LogP contribution in [0.1, 0.15) is 34.5 Å². The second kappa shape index (κ2) is 5.74. The predicted octanol–water partition coefficient (Wildman–Crippen LogP) is 3.21. The minimum absolute atomic E-state index is 0.307. The van der Waals surface area contributed by atoms with Crippen LogP contribution in [0.3, 0.4) is 0 Å². The molecule has 1 atom stereocenters. The molecule has 0 saturated heterocycles. The lowest BCUT2D eigenvalue weighted by atomic mass is 10.1. The van der Waals surface area contributed by atoms with Gasteiger partial charge in [-0.15, -0.1) is 0 Å². The molecular formula is C16H17FN2O. The number of nitrogens with two attached hydrogens (primary N) is 1. The van der Waals surface area contributed by atoms with Crippen molar-refractivity contribution >= 4 is 11.6 Å². The van der Waals surface area contributed by atoms with Crippen molar-refractivity contribution in [1.82, 2.24) is 5.32 Å². The Labute approximate surface area is 117 Å². The van der Waals surface area contributed by atoms with Crippen molar-refractivity contribution in [2.24, 2.45) is 0 Å². The molecule has 3 N–H and O–H groups in total. The molecule has 104 valence electrons. The van der Waals surface area contributed by atoms with Gasteiger partial charge in [-0.3, -0.25) is 4.79 Å². The molecule has 0 aliphatic carbocycles. The molecule has 1 amide bonds. The van der Waals surface area contributed by atoms with Gasteiger partial charge in [-0.05, 0) is 37.6 Å². The largest absolute Gasteiger partial charge is 0.398 e. The highest BCUT2D eigenvalue weighted by molar-refractivity contribution is 5.99. The fourth-order valence-electron chi connectivity index (χ4n) is 2.07. The van der Waals surface area contributed by atoms with Crippen LogP contribution >= 0.6 is 0 Å². The lowest BCUT2D eigenvalue weighted by Crippen LogP contribution is -2.28. The van der Waals surface area contributed by atoms with Gasteiger partial charge in [0.15, 0.2) is 0 Å². The van der Waals surface area contributed by atoms with Gasteiger partial charge in [0.1, 0.15) is 5.82 Å². The van der Waals surface area contributed by atoms with Crippen LogP contribution in [0.4, 0.5) is 10.1 Å². The number of benzene rings is 2. The summed E-state index contributed by atoms with van der Waals surface area (Å²) in [6.07, 6.45) is 0. The van der Waals surface area contributed by atoms with Gasteiger partial charge >= 0.3 is 0 Å². The number of hydrogen-bond donors (Lipinski definition) is 2. The molecule has 0 radical (unpaired) electrons. The van der Waals surface area contributed by atoms with E-state index in [1.807, 2.05) is 13.0 Å². The zero-order valence-corrected chi connectivity index (χ0v) is 11.5. The number of rotatable bonds is 3. The van der Waals surface area contributed by atoms with Crippen molar-refractivity contribution < 1.29 is 9.18 Å². The average Bonchev–Trinajstić information content (AvgIpc) is 2.38. The molecule has 0 bridgehead atoms. The van der Waals surface area contributed by atoms with Gasteiger partial charge in [-0.1, -0.05) is 24.3 Å². The molecule has 1 unspecified atom stereocenters. The summed E-state index contributed by atoms with van der Waals surface area (Å²) in [4.78, 5) is 12.2. The van der Waals surface area contributed by atoms with Crippen molar-refractivity contribution in [3.05, 3.63) is 65.0 Å². The minimum atomic E-state index is -0.426. The van der Waals surface area contributed by atoms with E-state index in [4.69, 9.17) is 5.73 Å². The maximum atomic E-state index is 13.6. The molecule has 0 fully saturated rings. The summed E-state index contributed by atoms with van der Waals surface area (Å²) in [5, 5.41) is 2.75. The van der Waals surface area contributed by atoms with E-state index in [9.17, 15) is 9.18 Å². The Morgan fingerprint density at radius 2 is 1.95 bits per heavy atom. The van der Waals surface area contributed by atoms with Crippen LogP contribution in [0.5, 0.6) is 0 Å². The summed E-state index contributed by atoms with van der Waals surface area (Å²) in [7, 11) is 0. The first-order valence-corrected chi connectivity index (χ1v) is 6.40. The summed E-state index contributed by atoms with van der Waals surface area (Å²) in [6, 6.07) is 11.2. The molecule has 0 heterocycles. The zero-order valence-electron chi connectivity index (χ0n) is 11.5. The SMILES string of the molecule is Cc1ccc(C(=O)NC(C)c2ccccc2F)c(N)c1. The predicted molar refractivity (Wildman–Crippen MR) is 77.9 cm³/mol. The minimum Gasteiger partial charge on any atom is -0.398 e. The number of nitrogens with one attached hydrogen (secondary N) is 1. The second-order valence-electron chi connectivity index (χ2n) is 4.81. The molecule has 0 aliphatic rings. The molecule has 0 spiro atoms. The Bertz CT molecular complexity index is 640. The summed E-state index contributed by atoms with van der Waals surface area (Å²) in [5.74, 6) is -0.643. The molecule has 4 heteroatoms. The van der Waals surface area contributed by atoms with Crippen LogP contribution in [0, 0.1) is 12.7 Å². The monoisotopic (exact) mass is 272 g/mol. The second-order valence-corrected chi connectivity index (χ2v) is 4.81. The zero-order chi connectivity index (χ0) is 14.7. The number of hydrogen-bond acceptors (Lipinski definition) is 2. The molecular weight excluding hydrogens is 255 g/mol. The maximum absolute atomic E-state index is 13.6. The molecule has 0 saturated carbocycles. The lowest BCUT2D eigenvalue weighted by Gasteiger charge is -2.16. The number of nitrogen functional groups attached to an aromatic ring is 1. The fourth-order valence-corrected chi connectivity index (χ4v) is 2.07. The summed E-state index contributed by atoms with van der Waals surface area (Å²) in [5.41, 5.74) is 8.09. The van der Waals surface area contributed by atoms with Crippen molar-refractivity contribution in [1.29, 1.82) is 0 Å². The highest BCUT2D eigenvalue weighted by Gasteiger charge is 2.15. The smallest absolute Gasteiger partial charge is 0.253 e. The van der Waals surface area contributed by atoms with E-state index >= 15 is 0 Å². The summed E-state index contributed by atoms with van der Waals surface area (Å²) in [6.45, 7) is 3.64. The van der Waals surface area contributed by atoms with Crippen LogP contribution in [0.15, 0.2) is 42.5 Å². The quantitative estimate of drug-likeness (QED) is 0.843. The van der Waals surface area contributed by atoms with Crippen molar-refractivity contribution in [2.45, 2.75) is 19.9 Å². The topological polar surface area (TPSA) is 55.1 Å². The van der Waals surface area contributed by atoms with Crippen molar-refractivity contribution in [3.8, 4) is 0 Å². The highest BCUT2D eigenvalue weighted by atomic mass is 19.1. The Morgan fingerprint density at radius 1 is 1.25 bits per heavy atom. The number of halogens is 1. The molecule has 3 nitrogen and oxygen atoms in total. The van der Waals surface area contributed by atoms with Gasteiger partial charge in [-0.2, -0.15) is 0 Å². The number of carbonyl (C=O) groups is 1. The van der Waals surface area contributed by atoms with Crippen molar-refractivity contribution in [2.75, 3.05) is 5.73 Å². The van der Waals surface area contributed by atoms with Gasteiger partial charge in [-0.25, -0.2) is 4.39 Å². The molecule has 2 rings (SSSR count). The first-order valence-electron chi connectivity index (χ1n) is 6.40. The molecule has 2 aromatic carbocycles. The van der Waals surface area contributed by atoms with Crippen LogP contribution in [-0.2, 0) is 0 Å². The van der Waals surface area contributed by atoms with Crippen LogP contribution < -0.4 is 11.1 Å². The Hall–Kier alpha value is -2.36. The van der Waals surface area contributed by atoms with E-state index in [-0.39, 0.29) is 11.7 Å². The Kier molecular flexibility index (Phi) is 4.03. The van der Waals surface area contributed by atoms with E-state index in [2.05, 4.69) is 5.32 Å². The van der Waals surface area contributed by atoms with E-state index in [0.717, 1.165) is 5.56 Å². The fraction of sp³-hybridized carbons (Fsp3) is 0.188. The first kappa shape index (κ1) is 14.1. The number of aryl methyl sites for hydroxylation is 1. The van der Waals surface area contributed by atoms with Gasteiger partial charge < -0.3 is 11.1 Å². The number of anilines is 1. The number of carbonyl (C=O) groups excluding carboxylic acids is 1. The third-order valence-corrected chi connectivity index (χ3v) is 3.17. The van der Waals surface area contributed by atoms with Gasteiger partial charge in [0.2, 0.25) is 0 Å². The van der Waals surface area contributed by atoms with Crippen LogP contribution in [0.25, 0.3) is 0 Å². The molecule has 0 aliphatic heterocycles. The van der Waals surface area contributed by atoms with Gasteiger partial charge in [0.05, 0.1) is 11.6 Å². The molecule has 2 aromatic rings. The molecule has 20 heavy (non-hydrogen) atoms. The van der Waals surface area contributed by atoms with Crippen molar-refractivity contribution in [3.63, 3.8) is 0 Å². The lowest BCUT2D eigenvalue weighted by molar-refractivity contribution is 0.0940. The van der Waals surface area contributed by atoms with E-state index in [1.165, 1.54) is 6.07 Å². The van der Waals surface area contributed by atoms with E-state index < -0.39 is 6.04 Å². The summed E-state index contributed by atoms with van der Waals surface area (Å²) < 4.78 is 13.6. The average molecular weight is 272 g/mol. The number of amides is 1.